The van der Waals surface area contributed by atoms with Crippen molar-refractivity contribution in [2.45, 2.75) is 51.5 Å². The lowest BCUT2D eigenvalue weighted by Gasteiger charge is -2.39. The standard InChI is InChI=1S/C40H39N7O5/c1-5-22-19-26-27(40(2,3)36-34(35(26)49)24-10-9-23(41-4)20-29(24)43-36)21-31(22)46-17-15-45(16-18-46)14-13-42-28-8-6-7-25-33(28)39(52)47(38(25)51)30-11-12-32(48)44-37(30)50/h6-10,19-21,30,42-43H,5,11-18H2,1-3H3,(H,44,48,50). The average Bonchev–Trinajstić information content (AvgIpc) is 3.66. The highest BCUT2D eigenvalue weighted by atomic mass is 16.2. The monoisotopic (exact) mass is 697 g/mol. The first-order valence-electron chi connectivity index (χ1n) is 17.8. The fourth-order valence-electron chi connectivity index (χ4n) is 8.37. The molecule has 4 heterocycles. The molecule has 3 N–H and O–H groups in total. The van der Waals surface area contributed by atoms with Crippen molar-refractivity contribution in [2.75, 3.05) is 49.5 Å². The van der Waals surface area contributed by atoms with Gasteiger partial charge >= 0.3 is 0 Å². The van der Waals surface area contributed by atoms with Crippen molar-refractivity contribution in [3.8, 4) is 0 Å². The Morgan fingerprint density at radius 2 is 1.73 bits per heavy atom. The van der Waals surface area contributed by atoms with Crippen molar-refractivity contribution >= 4 is 57.4 Å². The zero-order chi connectivity index (χ0) is 36.5. The Bertz CT molecular complexity index is 2270. The molecular weight excluding hydrogens is 658 g/mol. The van der Waals surface area contributed by atoms with E-state index >= 15 is 0 Å². The number of imide groups is 2. The zero-order valence-corrected chi connectivity index (χ0v) is 29.4. The molecule has 2 saturated heterocycles. The molecule has 0 radical (unpaired) electrons. The van der Waals surface area contributed by atoms with Gasteiger partial charge in [0.1, 0.15) is 6.04 Å². The maximum atomic E-state index is 14.1. The minimum atomic E-state index is -1.00. The predicted molar refractivity (Wildman–Crippen MR) is 196 cm³/mol. The van der Waals surface area contributed by atoms with Crippen LogP contribution >= 0.6 is 0 Å². The second-order valence-electron chi connectivity index (χ2n) is 14.5. The van der Waals surface area contributed by atoms with E-state index in [1.165, 1.54) is 0 Å². The van der Waals surface area contributed by atoms with Gasteiger partial charge in [0.15, 0.2) is 11.5 Å². The number of aryl methyl sites for hydroxylation is 1. The fraction of sp³-hybridized carbons (Fsp3) is 0.350. The number of H-pyrrole nitrogens is 1. The minimum absolute atomic E-state index is 0.0171. The van der Waals surface area contributed by atoms with Gasteiger partial charge in [-0.05, 0) is 54.3 Å². The number of amides is 4. The third-order valence-corrected chi connectivity index (χ3v) is 11.2. The molecule has 1 unspecified atom stereocenters. The number of piperidine rings is 1. The second-order valence-corrected chi connectivity index (χ2v) is 14.5. The van der Waals surface area contributed by atoms with E-state index in [0.717, 1.165) is 83.0 Å². The van der Waals surface area contributed by atoms with Gasteiger partial charge in [-0.2, -0.15) is 0 Å². The number of piperazine rings is 1. The summed E-state index contributed by atoms with van der Waals surface area (Å²) < 4.78 is 0. The molecule has 12 heteroatoms. The number of ketones is 1. The molecule has 1 atom stereocenters. The number of hydrogen-bond donors (Lipinski definition) is 3. The molecule has 264 valence electrons. The van der Waals surface area contributed by atoms with Crippen LogP contribution in [0.2, 0.25) is 0 Å². The van der Waals surface area contributed by atoms with Crippen molar-refractivity contribution in [3.63, 3.8) is 0 Å². The maximum Gasteiger partial charge on any atom is 0.264 e. The van der Waals surface area contributed by atoms with Gasteiger partial charge in [0.05, 0.1) is 23.3 Å². The van der Waals surface area contributed by atoms with Gasteiger partial charge in [-0.15, -0.1) is 0 Å². The molecule has 8 rings (SSSR count). The number of hydrogen-bond acceptors (Lipinski definition) is 8. The molecule has 4 amide bonds. The first kappa shape index (κ1) is 33.3. The number of aromatic nitrogens is 1. The highest BCUT2D eigenvalue weighted by molar-refractivity contribution is 6.25. The Morgan fingerprint density at radius 1 is 0.942 bits per heavy atom. The smallest absolute Gasteiger partial charge is 0.264 e. The third-order valence-electron chi connectivity index (χ3n) is 11.2. The van der Waals surface area contributed by atoms with Gasteiger partial charge in [-0.1, -0.05) is 39.0 Å². The number of carbonyl (C=O) groups excluding carboxylic acids is 5. The molecule has 3 aromatic carbocycles. The molecule has 3 aliphatic heterocycles. The van der Waals surface area contributed by atoms with E-state index < -0.39 is 35.1 Å². The van der Waals surface area contributed by atoms with E-state index in [-0.39, 0.29) is 29.8 Å². The Morgan fingerprint density at radius 3 is 2.46 bits per heavy atom. The van der Waals surface area contributed by atoms with Crippen LogP contribution in [0.15, 0.2) is 48.5 Å². The summed E-state index contributed by atoms with van der Waals surface area (Å²) in [4.78, 5) is 77.7. The number of anilines is 2. The number of aromatic amines is 1. The van der Waals surface area contributed by atoms with Crippen molar-refractivity contribution in [1.82, 2.24) is 20.1 Å². The summed E-state index contributed by atoms with van der Waals surface area (Å²) in [7, 11) is 0. The minimum Gasteiger partial charge on any atom is -0.383 e. The fourth-order valence-corrected chi connectivity index (χ4v) is 8.37. The summed E-state index contributed by atoms with van der Waals surface area (Å²) in [6.45, 7) is 18.4. The number of benzene rings is 3. The molecule has 1 aliphatic carbocycles. The summed E-state index contributed by atoms with van der Waals surface area (Å²) in [5, 5.41) is 6.45. The van der Waals surface area contributed by atoms with E-state index in [9.17, 15) is 24.0 Å². The first-order chi connectivity index (χ1) is 25.0. The van der Waals surface area contributed by atoms with Crippen molar-refractivity contribution < 1.29 is 24.0 Å². The lowest BCUT2D eigenvalue weighted by Crippen LogP contribution is -2.54. The van der Waals surface area contributed by atoms with Crippen LogP contribution in [0, 0.1) is 6.57 Å². The van der Waals surface area contributed by atoms with Crippen LogP contribution in [-0.4, -0.2) is 89.5 Å². The predicted octanol–water partition coefficient (Wildman–Crippen LogP) is 4.79. The van der Waals surface area contributed by atoms with Crippen LogP contribution in [-0.2, 0) is 21.4 Å². The second kappa shape index (κ2) is 12.5. The Balaban J connectivity index is 0.948. The topological polar surface area (TPSA) is 139 Å². The van der Waals surface area contributed by atoms with Gasteiger partial charge < -0.3 is 15.2 Å². The van der Waals surface area contributed by atoms with Gasteiger partial charge in [0.2, 0.25) is 11.8 Å². The van der Waals surface area contributed by atoms with Crippen molar-refractivity contribution in [2.24, 2.45) is 0 Å². The summed E-state index contributed by atoms with van der Waals surface area (Å²) in [6.07, 6.45) is 0.978. The number of nitrogens with one attached hydrogen (secondary N) is 3. The molecule has 1 aromatic heterocycles. The van der Waals surface area contributed by atoms with Crippen LogP contribution in [0.3, 0.4) is 0 Å². The molecule has 0 spiro atoms. The Labute approximate surface area is 301 Å². The summed E-state index contributed by atoms with van der Waals surface area (Å²) in [5.41, 5.74) is 7.57. The number of fused-ring (bicyclic) bond motifs is 5. The van der Waals surface area contributed by atoms with Crippen molar-refractivity contribution in [1.29, 1.82) is 0 Å². The first-order valence-corrected chi connectivity index (χ1v) is 17.8. The quantitative estimate of drug-likeness (QED) is 0.185. The van der Waals surface area contributed by atoms with Gasteiger partial charge in [0.25, 0.3) is 11.8 Å². The summed E-state index contributed by atoms with van der Waals surface area (Å²) in [6, 6.07) is 13.9. The van der Waals surface area contributed by atoms with E-state index in [0.29, 0.717) is 23.5 Å². The maximum absolute atomic E-state index is 14.1. The largest absolute Gasteiger partial charge is 0.383 e. The average molecular weight is 698 g/mol. The summed E-state index contributed by atoms with van der Waals surface area (Å²) in [5.74, 6) is -2.06. The molecule has 2 fully saturated rings. The highest BCUT2D eigenvalue weighted by Crippen LogP contribution is 2.46. The van der Waals surface area contributed by atoms with E-state index in [2.05, 4.69) is 63.2 Å². The number of nitrogens with zero attached hydrogens (tertiary/aromatic N) is 4. The zero-order valence-electron chi connectivity index (χ0n) is 29.4. The number of rotatable bonds is 7. The Kier molecular flexibility index (Phi) is 7.99. The van der Waals surface area contributed by atoms with Crippen LogP contribution in [0.1, 0.15) is 87.1 Å². The van der Waals surface area contributed by atoms with Crippen LogP contribution in [0.5, 0.6) is 0 Å². The lowest BCUT2D eigenvalue weighted by molar-refractivity contribution is -0.136. The van der Waals surface area contributed by atoms with Gasteiger partial charge in [-0.25, -0.2) is 4.85 Å². The lowest BCUT2D eigenvalue weighted by atomic mass is 9.70. The SMILES string of the molecule is [C-]#[N+]c1ccc2c3c([nH]c2c1)C(C)(C)c1cc(N2CCN(CCNc4cccc5c4C(=O)N(C4CCC(=O)NC4=O)C5=O)CC2)c(CC)cc1C3=O. The molecular formula is C40H39N7O5. The van der Waals surface area contributed by atoms with Gasteiger partial charge in [-0.3, -0.25) is 39.1 Å². The Hall–Kier alpha value is -5.80. The normalized spacial score (nSPS) is 19.7. The van der Waals surface area contributed by atoms with Crippen LogP contribution in [0.25, 0.3) is 15.7 Å². The molecule has 4 aliphatic rings. The third kappa shape index (κ3) is 5.18. The van der Waals surface area contributed by atoms with E-state index in [1.807, 2.05) is 12.1 Å². The number of carbonyl (C=O) groups is 5. The molecule has 0 saturated carbocycles. The molecule has 52 heavy (non-hydrogen) atoms. The highest BCUT2D eigenvalue weighted by Gasteiger charge is 2.46. The van der Waals surface area contributed by atoms with E-state index in [1.54, 1.807) is 24.3 Å². The van der Waals surface area contributed by atoms with Crippen molar-refractivity contribution in [3.05, 3.63) is 99.0 Å². The molecule has 0 bridgehead atoms. The van der Waals surface area contributed by atoms with Gasteiger partial charge in [0, 0.05) is 84.6 Å². The van der Waals surface area contributed by atoms with Crippen LogP contribution < -0.4 is 15.5 Å². The van der Waals surface area contributed by atoms with E-state index in [4.69, 9.17) is 6.57 Å². The molecule has 12 nitrogen and oxygen atoms in total. The van der Waals surface area contributed by atoms with Crippen LogP contribution in [0.4, 0.5) is 17.1 Å². The molecule has 4 aromatic rings. The summed E-state index contributed by atoms with van der Waals surface area (Å²) >= 11 is 0.